The monoisotopic (exact) mass is 376 g/mol. The molecule has 1 saturated heterocycles. The molecule has 0 aliphatic carbocycles. The number of hydrogen-bond acceptors (Lipinski definition) is 3. The van der Waals surface area contributed by atoms with Gasteiger partial charge in [-0.3, -0.25) is 14.8 Å². The zero-order valence-corrected chi connectivity index (χ0v) is 17.2. The molecule has 0 unspecified atom stereocenters. The molecule has 4 heteroatoms. The number of benzene rings is 1. The van der Waals surface area contributed by atoms with Crippen LogP contribution in [-0.2, 0) is 19.5 Å². The lowest BCUT2D eigenvalue weighted by Gasteiger charge is -2.30. The van der Waals surface area contributed by atoms with E-state index in [9.17, 15) is 0 Å². The summed E-state index contributed by atoms with van der Waals surface area (Å²) in [6.07, 6.45) is 9.77. The van der Waals surface area contributed by atoms with E-state index in [1.165, 1.54) is 47.0 Å². The first kappa shape index (κ1) is 19.2. The van der Waals surface area contributed by atoms with Gasteiger partial charge in [0, 0.05) is 55.2 Å². The third kappa shape index (κ3) is 4.13. The molecule has 0 saturated carbocycles. The fourth-order valence-corrected chi connectivity index (χ4v) is 4.69. The predicted octanol–water partition coefficient (Wildman–Crippen LogP) is 4.61. The predicted molar refractivity (Wildman–Crippen MR) is 116 cm³/mol. The second-order valence-corrected chi connectivity index (χ2v) is 7.96. The summed E-state index contributed by atoms with van der Waals surface area (Å²) in [4.78, 5) is 13.1. The van der Waals surface area contributed by atoms with Crippen LogP contribution in [0.2, 0.25) is 0 Å². The molecule has 28 heavy (non-hydrogen) atoms. The summed E-state index contributed by atoms with van der Waals surface area (Å²) in [6.45, 7) is 9.94. The standard InChI is InChI=1S/C24H32N4/c1-3-20-9-5-11-23-21(15-26-24(20)23)17-27(16-19-8-6-12-25-14-19)18-22-10-7-13-28(22)4-2/h5-6,8-9,11-12,14-15,22,26H,3-4,7,10,13,16-18H2,1-2H3/t22-/m1/s1. The van der Waals surface area contributed by atoms with E-state index in [0.29, 0.717) is 6.04 Å². The first-order chi connectivity index (χ1) is 13.8. The Morgan fingerprint density at radius 2 is 2.07 bits per heavy atom. The van der Waals surface area contributed by atoms with E-state index in [0.717, 1.165) is 32.6 Å². The third-order valence-electron chi connectivity index (χ3n) is 6.17. The molecule has 4 nitrogen and oxygen atoms in total. The highest BCUT2D eigenvalue weighted by Crippen LogP contribution is 2.25. The minimum absolute atomic E-state index is 0.665. The summed E-state index contributed by atoms with van der Waals surface area (Å²) < 4.78 is 0. The van der Waals surface area contributed by atoms with Crippen molar-refractivity contribution in [1.29, 1.82) is 0 Å². The Morgan fingerprint density at radius 3 is 2.86 bits per heavy atom. The highest BCUT2D eigenvalue weighted by molar-refractivity contribution is 5.86. The Balaban J connectivity index is 1.58. The molecular formula is C24H32N4. The zero-order chi connectivity index (χ0) is 19.3. The van der Waals surface area contributed by atoms with Crippen LogP contribution < -0.4 is 0 Å². The molecule has 1 fully saturated rings. The van der Waals surface area contributed by atoms with Crippen LogP contribution in [0.5, 0.6) is 0 Å². The minimum atomic E-state index is 0.665. The van der Waals surface area contributed by atoms with E-state index in [2.05, 4.69) is 64.1 Å². The SMILES string of the molecule is CCc1cccc2c(CN(Cc3cccnc3)C[C@H]3CCCN3CC)c[nH]c12. The van der Waals surface area contributed by atoms with E-state index in [1.807, 2.05) is 18.5 Å². The first-order valence-corrected chi connectivity index (χ1v) is 10.7. The lowest BCUT2D eigenvalue weighted by molar-refractivity contribution is 0.166. The van der Waals surface area contributed by atoms with Crippen LogP contribution in [0, 0.1) is 0 Å². The summed E-state index contributed by atoms with van der Waals surface area (Å²) in [6, 6.07) is 11.6. The van der Waals surface area contributed by atoms with E-state index in [4.69, 9.17) is 0 Å². The number of hydrogen-bond donors (Lipinski definition) is 1. The van der Waals surface area contributed by atoms with Crippen molar-refractivity contribution in [1.82, 2.24) is 19.8 Å². The lowest BCUT2D eigenvalue weighted by atomic mass is 10.1. The average Bonchev–Trinajstić information content (AvgIpc) is 3.35. The van der Waals surface area contributed by atoms with Crippen LogP contribution in [-0.4, -0.2) is 45.4 Å². The van der Waals surface area contributed by atoms with Gasteiger partial charge in [0.05, 0.1) is 0 Å². The molecule has 1 aromatic carbocycles. The Kier molecular flexibility index (Phi) is 6.08. The van der Waals surface area contributed by atoms with Gasteiger partial charge in [-0.05, 0) is 55.1 Å². The summed E-state index contributed by atoms with van der Waals surface area (Å²) in [7, 11) is 0. The maximum absolute atomic E-state index is 4.33. The first-order valence-electron chi connectivity index (χ1n) is 10.7. The van der Waals surface area contributed by atoms with Crippen molar-refractivity contribution in [3.63, 3.8) is 0 Å². The molecule has 3 aromatic rings. The fraction of sp³-hybridized carbons (Fsp3) is 0.458. The average molecular weight is 377 g/mol. The van der Waals surface area contributed by atoms with Crippen molar-refractivity contribution in [3.05, 3.63) is 65.6 Å². The van der Waals surface area contributed by atoms with Gasteiger partial charge in [0.1, 0.15) is 0 Å². The van der Waals surface area contributed by atoms with E-state index in [-0.39, 0.29) is 0 Å². The maximum atomic E-state index is 4.33. The van der Waals surface area contributed by atoms with Crippen LogP contribution in [0.1, 0.15) is 43.4 Å². The van der Waals surface area contributed by atoms with Crippen LogP contribution in [0.3, 0.4) is 0 Å². The number of nitrogens with zero attached hydrogens (tertiary/aromatic N) is 3. The van der Waals surface area contributed by atoms with Crippen LogP contribution in [0.25, 0.3) is 10.9 Å². The molecule has 1 aliphatic heterocycles. The fourth-order valence-electron chi connectivity index (χ4n) is 4.69. The summed E-state index contributed by atoms with van der Waals surface area (Å²) in [5, 5.41) is 1.37. The normalized spacial score (nSPS) is 17.8. The number of aromatic nitrogens is 2. The molecule has 1 N–H and O–H groups in total. The van der Waals surface area contributed by atoms with Gasteiger partial charge >= 0.3 is 0 Å². The van der Waals surface area contributed by atoms with Crippen molar-refractivity contribution in [2.24, 2.45) is 0 Å². The summed E-state index contributed by atoms with van der Waals surface area (Å²) in [5.41, 5.74) is 5.39. The highest BCUT2D eigenvalue weighted by atomic mass is 15.2. The van der Waals surface area contributed by atoms with E-state index >= 15 is 0 Å². The molecule has 1 atom stereocenters. The second-order valence-electron chi connectivity index (χ2n) is 7.96. The minimum Gasteiger partial charge on any atom is -0.361 e. The lowest BCUT2D eigenvalue weighted by Crippen LogP contribution is -2.39. The Labute approximate surface area is 168 Å². The molecule has 0 radical (unpaired) electrons. The van der Waals surface area contributed by atoms with Gasteiger partial charge in [0.15, 0.2) is 0 Å². The van der Waals surface area contributed by atoms with Gasteiger partial charge in [-0.2, -0.15) is 0 Å². The molecule has 2 aromatic heterocycles. The van der Waals surface area contributed by atoms with Crippen LogP contribution >= 0.6 is 0 Å². The molecule has 3 heterocycles. The van der Waals surface area contributed by atoms with Gasteiger partial charge in [0.25, 0.3) is 0 Å². The van der Waals surface area contributed by atoms with Crippen molar-refractivity contribution in [3.8, 4) is 0 Å². The number of H-pyrrole nitrogens is 1. The number of aryl methyl sites for hydroxylation is 1. The van der Waals surface area contributed by atoms with Crippen molar-refractivity contribution < 1.29 is 0 Å². The van der Waals surface area contributed by atoms with Crippen molar-refractivity contribution >= 4 is 10.9 Å². The van der Waals surface area contributed by atoms with Gasteiger partial charge in [0.2, 0.25) is 0 Å². The molecule has 148 valence electrons. The van der Waals surface area contributed by atoms with Gasteiger partial charge < -0.3 is 4.98 Å². The smallest absolute Gasteiger partial charge is 0.0489 e. The Hall–Kier alpha value is -2.17. The van der Waals surface area contributed by atoms with Gasteiger partial charge in [-0.15, -0.1) is 0 Å². The van der Waals surface area contributed by atoms with Gasteiger partial charge in [-0.25, -0.2) is 0 Å². The Bertz CT molecular complexity index is 886. The summed E-state index contributed by atoms with van der Waals surface area (Å²) >= 11 is 0. The van der Waals surface area contributed by atoms with E-state index in [1.54, 1.807) is 0 Å². The molecular weight excluding hydrogens is 344 g/mol. The highest BCUT2D eigenvalue weighted by Gasteiger charge is 2.25. The van der Waals surface area contributed by atoms with Crippen LogP contribution in [0.15, 0.2) is 48.9 Å². The number of likely N-dealkylation sites (tertiary alicyclic amines) is 1. The number of fused-ring (bicyclic) bond motifs is 1. The van der Waals surface area contributed by atoms with Gasteiger partial charge in [-0.1, -0.05) is 38.1 Å². The van der Waals surface area contributed by atoms with Crippen LogP contribution in [0.4, 0.5) is 0 Å². The molecule has 0 spiro atoms. The topological polar surface area (TPSA) is 35.2 Å². The molecule has 0 amide bonds. The molecule has 1 aliphatic rings. The zero-order valence-electron chi connectivity index (χ0n) is 17.2. The molecule has 4 rings (SSSR count). The van der Waals surface area contributed by atoms with Crippen molar-refractivity contribution in [2.75, 3.05) is 19.6 Å². The van der Waals surface area contributed by atoms with Crippen molar-refractivity contribution in [2.45, 2.75) is 52.2 Å². The number of para-hydroxylation sites is 1. The summed E-state index contributed by atoms with van der Waals surface area (Å²) in [5.74, 6) is 0. The third-order valence-corrected chi connectivity index (χ3v) is 6.17. The number of likely N-dealkylation sites (N-methyl/N-ethyl adjacent to an activating group) is 1. The number of aromatic amines is 1. The maximum Gasteiger partial charge on any atom is 0.0489 e. The number of rotatable bonds is 8. The van der Waals surface area contributed by atoms with E-state index < -0.39 is 0 Å². The number of pyridine rings is 1. The Morgan fingerprint density at radius 1 is 1.14 bits per heavy atom. The second kappa shape index (κ2) is 8.89. The quantitative estimate of drug-likeness (QED) is 0.623. The largest absolute Gasteiger partial charge is 0.361 e. The number of nitrogens with one attached hydrogen (secondary N) is 1. The molecule has 0 bridgehead atoms.